The molecule has 0 rings (SSSR count). The van der Waals surface area contributed by atoms with Crippen LogP contribution >= 0.6 is 0 Å². The van der Waals surface area contributed by atoms with Crippen LogP contribution in [0.15, 0.2) is 0 Å². The van der Waals surface area contributed by atoms with Crippen molar-refractivity contribution in [2.45, 2.75) is 115 Å². The molecule has 0 saturated carbocycles. The predicted molar refractivity (Wildman–Crippen MR) is 97.3 cm³/mol. The Balaban J connectivity index is 3.34. The summed E-state index contributed by atoms with van der Waals surface area (Å²) in [6.45, 7) is 3.91. The van der Waals surface area contributed by atoms with Gasteiger partial charge in [0.15, 0.2) is 0 Å². The Labute approximate surface area is 143 Å². The van der Waals surface area contributed by atoms with Crippen molar-refractivity contribution in [3.05, 3.63) is 0 Å². The first-order valence-corrected chi connectivity index (χ1v) is 11.1. The minimum absolute atomic E-state index is 0.102. The van der Waals surface area contributed by atoms with E-state index in [1.165, 1.54) is 32.1 Å². The minimum atomic E-state index is -3.85. The maximum Gasteiger partial charge on any atom is 0.267 e. The average Bonchev–Trinajstić information content (AvgIpc) is 2.47. The first-order valence-electron chi connectivity index (χ1n) is 9.56. The fourth-order valence-corrected chi connectivity index (χ4v) is 3.92. The van der Waals surface area contributed by atoms with Crippen LogP contribution in [0.4, 0.5) is 0 Å². The summed E-state index contributed by atoms with van der Waals surface area (Å²) in [5.41, 5.74) is 0. The van der Waals surface area contributed by atoms with Crippen molar-refractivity contribution in [3.63, 3.8) is 0 Å². The Bertz CT molecular complexity index is 354. The number of rotatable bonds is 16. The van der Waals surface area contributed by atoms with Crippen molar-refractivity contribution in [2.75, 3.05) is 0 Å². The van der Waals surface area contributed by atoms with Crippen LogP contribution in [0.3, 0.4) is 0 Å². The molecule has 5 heteroatoms. The first-order chi connectivity index (χ1) is 10.9. The Morgan fingerprint density at radius 2 is 1.17 bits per heavy atom. The number of aliphatic hydroxyl groups is 1. The predicted octanol–water partition coefficient (Wildman–Crippen LogP) is 5.10. The highest BCUT2D eigenvalue weighted by Gasteiger charge is 2.19. The van der Waals surface area contributed by atoms with E-state index in [1.54, 1.807) is 6.92 Å². The quantitative estimate of drug-likeness (QED) is 0.300. The molecule has 0 heterocycles. The number of unbranched alkanes of at least 4 members (excludes halogenated alkanes) is 8. The highest BCUT2D eigenvalue weighted by molar-refractivity contribution is 7.86. The van der Waals surface area contributed by atoms with Gasteiger partial charge in [-0.1, -0.05) is 78.1 Å². The van der Waals surface area contributed by atoms with Crippen LogP contribution in [0.2, 0.25) is 0 Å². The number of aliphatic hydroxyl groups excluding tert-OH is 1. The lowest BCUT2D eigenvalue weighted by Crippen LogP contribution is -2.19. The van der Waals surface area contributed by atoms with Gasteiger partial charge in [-0.2, -0.15) is 8.42 Å². The largest absolute Gasteiger partial charge is 0.393 e. The zero-order valence-corrected chi connectivity index (χ0v) is 16.0. The van der Waals surface area contributed by atoms with Gasteiger partial charge in [-0.05, 0) is 25.7 Å². The van der Waals surface area contributed by atoms with Gasteiger partial charge >= 0.3 is 0 Å². The molecule has 2 unspecified atom stereocenters. The molecule has 0 aliphatic heterocycles. The van der Waals surface area contributed by atoms with Crippen LogP contribution < -0.4 is 0 Å². The van der Waals surface area contributed by atoms with Crippen molar-refractivity contribution in [2.24, 2.45) is 0 Å². The van der Waals surface area contributed by atoms with E-state index in [4.69, 9.17) is 4.55 Å². The van der Waals surface area contributed by atoms with Gasteiger partial charge in [0.2, 0.25) is 0 Å². The zero-order valence-electron chi connectivity index (χ0n) is 15.2. The highest BCUT2D eigenvalue weighted by atomic mass is 32.2. The summed E-state index contributed by atoms with van der Waals surface area (Å²) in [5.74, 6) is 0. The molecule has 23 heavy (non-hydrogen) atoms. The summed E-state index contributed by atoms with van der Waals surface area (Å²) in [6, 6.07) is 0. The maximum absolute atomic E-state index is 11.1. The van der Waals surface area contributed by atoms with Gasteiger partial charge in [0.05, 0.1) is 11.4 Å². The minimum Gasteiger partial charge on any atom is -0.393 e. The van der Waals surface area contributed by atoms with E-state index in [-0.39, 0.29) is 6.10 Å². The summed E-state index contributed by atoms with van der Waals surface area (Å²) in [4.78, 5) is 0. The molecule has 0 aliphatic carbocycles. The lowest BCUT2D eigenvalue weighted by atomic mass is 10.0. The summed E-state index contributed by atoms with van der Waals surface area (Å²) in [6.07, 6.45) is 14.3. The molecule has 0 bridgehead atoms. The highest BCUT2D eigenvalue weighted by Crippen LogP contribution is 2.16. The molecule has 2 atom stereocenters. The van der Waals surface area contributed by atoms with Crippen LogP contribution in [-0.2, 0) is 10.1 Å². The second-order valence-electron chi connectivity index (χ2n) is 6.75. The monoisotopic (exact) mass is 350 g/mol. The number of hydrogen-bond acceptors (Lipinski definition) is 3. The van der Waals surface area contributed by atoms with Crippen LogP contribution in [0.25, 0.3) is 0 Å². The Hall–Kier alpha value is -0.130. The molecule has 0 radical (unpaired) electrons. The van der Waals surface area contributed by atoms with Crippen molar-refractivity contribution < 1.29 is 18.1 Å². The van der Waals surface area contributed by atoms with Gasteiger partial charge in [-0.3, -0.25) is 4.55 Å². The standard InChI is InChI=1S/C18H38O4S/c1-3-14-17(19)15-12-10-8-6-5-7-9-11-13-16-18(4-2)23(20,21)22/h17-19H,3-16H2,1-2H3,(H,20,21,22). The SMILES string of the molecule is CCCC(O)CCCCCCCCCCCC(CC)S(=O)(=O)O. The molecule has 0 aromatic heterocycles. The normalized spacial score (nSPS) is 14.8. The van der Waals surface area contributed by atoms with Crippen LogP contribution in [0.1, 0.15) is 104 Å². The van der Waals surface area contributed by atoms with Gasteiger partial charge in [-0.15, -0.1) is 0 Å². The summed E-state index contributed by atoms with van der Waals surface area (Å²) in [7, 11) is -3.85. The van der Waals surface area contributed by atoms with E-state index in [2.05, 4.69) is 6.92 Å². The van der Waals surface area contributed by atoms with Crippen molar-refractivity contribution in [1.29, 1.82) is 0 Å². The molecular weight excluding hydrogens is 312 g/mol. The molecule has 4 nitrogen and oxygen atoms in total. The molecular formula is C18H38O4S. The Morgan fingerprint density at radius 3 is 1.57 bits per heavy atom. The van der Waals surface area contributed by atoms with Gasteiger partial charge in [-0.25, -0.2) is 0 Å². The average molecular weight is 351 g/mol. The van der Waals surface area contributed by atoms with Crippen LogP contribution in [0, 0.1) is 0 Å². The van der Waals surface area contributed by atoms with Gasteiger partial charge in [0.1, 0.15) is 0 Å². The van der Waals surface area contributed by atoms with E-state index >= 15 is 0 Å². The maximum atomic E-state index is 11.1. The second-order valence-corrected chi connectivity index (χ2v) is 8.44. The smallest absolute Gasteiger partial charge is 0.267 e. The fourth-order valence-electron chi connectivity index (χ4n) is 3.03. The van der Waals surface area contributed by atoms with Gasteiger partial charge < -0.3 is 5.11 Å². The summed E-state index contributed by atoms with van der Waals surface area (Å²) >= 11 is 0. The van der Waals surface area contributed by atoms with E-state index < -0.39 is 15.4 Å². The Kier molecular flexibility index (Phi) is 14.2. The molecule has 140 valence electrons. The molecule has 0 spiro atoms. The molecule has 2 N–H and O–H groups in total. The lowest BCUT2D eigenvalue weighted by Gasteiger charge is -2.10. The molecule has 0 saturated heterocycles. The molecule has 0 aromatic rings. The van der Waals surface area contributed by atoms with E-state index in [0.717, 1.165) is 44.9 Å². The lowest BCUT2D eigenvalue weighted by molar-refractivity contribution is 0.150. The van der Waals surface area contributed by atoms with Crippen LogP contribution in [-0.4, -0.2) is 29.4 Å². The third-order valence-corrected chi connectivity index (χ3v) is 5.97. The van der Waals surface area contributed by atoms with Gasteiger partial charge in [0, 0.05) is 0 Å². The zero-order chi connectivity index (χ0) is 17.6. The van der Waals surface area contributed by atoms with E-state index in [0.29, 0.717) is 12.8 Å². The second kappa shape index (κ2) is 14.2. The third-order valence-electron chi connectivity index (χ3n) is 4.56. The molecule has 0 amide bonds. The summed E-state index contributed by atoms with van der Waals surface area (Å²) in [5, 5.41) is 9.05. The first kappa shape index (κ1) is 22.9. The van der Waals surface area contributed by atoms with Crippen molar-refractivity contribution >= 4 is 10.1 Å². The topological polar surface area (TPSA) is 74.6 Å². The van der Waals surface area contributed by atoms with Gasteiger partial charge in [0.25, 0.3) is 10.1 Å². The Morgan fingerprint density at radius 1 is 0.739 bits per heavy atom. The summed E-state index contributed by atoms with van der Waals surface area (Å²) < 4.78 is 31.2. The van der Waals surface area contributed by atoms with Crippen molar-refractivity contribution in [1.82, 2.24) is 0 Å². The van der Waals surface area contributed by atoms with E-state index in [1.807, 2.05) is 0 Å². The third kappa shape index (κ3) is 14.0. The van der Waals surface area contributed by atoms with Crippen LogP contribution in [0.5, 0.6) is 0 Å². The number of hydrogen-bond donors (Lipinski definition) is 2. The molecule has 0 aliphatic rings. The van der Waals surface area contributed by atoms with E-state index in [9.17, 15) is 13.5 Å². The molecule has 0 aromatic carbocycles. The fraction of sp³-hybridized carbons (Fsp3) is 1.00. The molecule has 0 fully saturated rings. The van der Waals surface area contributed by atoms with Crippen molar-refractivity contribution in [3.8, 4) is 0 Å².